The molecule has 0 aliphatic carbocycles. The molecule has 0 N–H and O–H groups in total. The molecule has 0 radical (unpaired) electrons. The first-order chi connectivity index (χ1) is 8.27. The van der Waals surface area contributed by atoms with E-state index in [4.69, 9.17) is 4.74 Å². The van der Waals surface area contributed by atoms with Gasteiger partial charge in [0.1, 0.15) is 5.75 Å². The third-order valence-electron chi connectivity index (χ3n) is 1.84. The molecule has 1 heteroatoms. The highest BCUT2D eigenvalue weighted by Crippen LogP contribution is 2.25. The van der Waals surface area contributed by atoms with Crippen LogP contribution >= 0.6 is 0 Å². The molecule has 0 bridgehead atoms. The van der Waals surface area contributed by atoms with Crippen molar-refractivity contribution in [3.05, 3.63) is 29.3 Å². The number of aryl methyl sites for hydroxylation is 1. The van der Waals surface area contributed by atoms with E-state index >= 15 is 0 Å². The van der Waals surface area contributed by atoms with Gasteiger partial charge in [0.2, 0.25) is 0 Å². The molecule has 2 rings (SSSR count). The first kappa shape index (κ1) is 18.4. The lowest BCUT2D eigenvalue weighted by Crippen LogP contribution is -1.85. The van der Waals surface area contributed by atoms with Gasteiger partial charge in [-0.25, -0.2) is 0 Å². The Labute approximate surface area is 108 Å². The van der Waals surface area contributed by atoms with E-state index < -0.39 is 0 Å². The molecule has 1 aromatic rings. The largest absolute Gasteiger partial charge is 0.493 e. The highest BCUT2D eigenvalue weighted by molar-refractivity contribution is 5.39. The number of hydrogen-bond acceptors (Lipinski definition) is 1. The maximum Gasteiger partial charge on any atom is 0.122 e. The normalized spacial score (nSPS) is 10.3. The lowest BCUT2D eigenvalue weighted by atomic mass is 10.1. The van der Waals surface area contributed by atoms with Crippen molar-refractivity contribution in [1.82, 2.24) is 0 Å². The van der Waals surface area contributed by atoms with Crippen molar-refractivity contribution in [1.29, 1.82) is 0 Å². The van der Waals surface area contributed by atoms with Crippen molar-refractivity contribution < 1.29 is 4.74 Å². The summed E-state index contributed by atoms with van der Waals surface area (Å²) in [4.78, 5) is 0. The van der Waals surface area contributed by atoms with Crippen LogP contribution in [0.2, 0.25) is 0 Å². The molecule has 100 valence electrons. The summed E-state index contributed by atoms with van der Waals surface area (Å²) in [6.45, 7) is 15.2. The van der Waals surface area contributed by atoms with Crippen LogP contribution in [0.3, 0.4) is 0 Å². The number of rotatable bonds is 0. The summed E-state index contributed by atoms with van der Waals surface area (Å²) in [5.41, 5.74) is 2.68. The first-order valence-corrected chi connectivity index (χ1v) is 7.00. The van der Waals surface area contributed by atoms with Crippen LogP contribution in [-0.2, 0) is 6.42 Å². The molecule has 0 saturated heterocycles. The summed E-state index contributed by atoms with van der Waals surface area (Å²) >= 11 is 0. The minimum atomic E-state index is 0.860. The number of hydrogen-bond donors (Lipinski definition) is 0. The van der Waals surface area contributed by atoms with Crippen molar-refractivity contribution in [2.24, 2.45) is 0 Å². The Morgan fingerprint density at radius 1 is 1.06 bits per heavy atom. The zero-order valence-corrected chi connectivity index (χ0v) is 12.8. The van der Waals surface area contributed by atoms with Crippen LogP contribution in [0.5, 0.6) is 5.75 Å². The quantitative estimate of drug-likeness (QED) is 0.588. The van der Waals surface area contributed by atoms with Crippen LogP contribution < -0.4 is 4.74 Å². The number of fused-ring (bicyclic) bond motifs is 1. The first-order valence-electron chi connectivity index (χ1n) is 7.00. The molecule has 1 aromatic carbocycles. The van der Waals surface area contributed by atoms with Crippen molar-refractivity contribution in [3.63, 3.8) is 0 Å². The second-order valence-corrected chi connectivity index (χ2v) is 3.42. The minimum absolute atomic E-state index is 0.860. The summed E-state index contributed by atoms with van der Waals surface area (Å²) in [6, 6.07) is 6.34. The molecule has 0 saturated carbocycles. The summed E-state index contributed by atoms with van der Waals surface area (Å²) in [5.74, 6) is 1.07. The van der Waals surface area contributed by atoms with E-state index in [1.54, 1.807) is 0 Å². The Kier molecular flexibility index (Phi) is 14.2. The van der Waals surface area contributed by atoms with Gasteiger partial charge in [0.15, 0.2) is 0 Å². The molecule has 1 aliphatic rings. The standard InChI is InChI=1S/C9H10O.C3H8.2C2H6/c1-7-2-3-9-8(6-7)4-5-10-9;1-3-2;2*1-2/h2-3,6H,4-5H2,1H3;3H2,1-2H3;2*1-2H3. The van der Waals surface area contributed by atoms with Crippen molar-refractivity contribution >= 4 is 0 Å². The molecular weight excluding hydrogens is 208 g/mol. The van der Waals surface area contributed by atoms with Crippen LogP contribution in [0.1, 0.15) is 59.1 Å². The third-order valence-corrected chi connectivity index (χ3v) is 1.84. The second-order valence-electron chi connectivity index (χ2n) is 3.42. The van der Waals surface area contributed by atoms with Gasteiger partial charge < -0.3 is 4.74 Å². The topological polar surface area (TPSA) is 9.23 Å². The Morgan fingerprint density at radius 3 is 2.12 bits per heavy atom. The van der Waals surface area contributed by atoms with Gasteiger partial charge >= 0.3 is 0 Å². The van der Waals surface area contributed by atoms with Gasteiger partial charge in [-0.1, -0.05) is 65.7 Å². The van der Waals surface area contributed by atoms with E-state index in [1.807, 2.05) is 27.7 Å². The lowest BCUT2D eigenvalue weighted by Gasteiger charge is -1.97. The Balaban J connectivity index is 0. The Hall–Kier alpha value is -0.980. The van der Waals surface area contributed by atoms with Gasteiger partial charge in [0, 0.05) is 6.42 Å². The third kappa shape index (κ3) is 7.84. The zero-order chi connectivity index (χ0) is 13.7. The highest BCUT2D eigenvalue weighted by atomic mass is 16.5. The number of ether oxygens (including phenoxy) is 1. The summed E-state index contributed by atoms with van der Waals surface area (Å²) in [5, 5.41) is 0. The fourth-order valence-electron chi connectivity index (χ4n) is 1.32. The Bertz CT molecular complexity index is 266. The molecule has 1 heterocycles. The van der Waals surface area contributed by atoms with E-state index in [-0.39, 0.29) is 0 Å². The average Bonchev–Trinajstić information content (AvgIpc) is 2.82. The Morgan fingerprint density at radius 2 is 1.59 bits per heavy atom. The predicted molar refractivity (Wildman–Crippen MR) is 79.0 cm³/mol. The van der Waals surface area contributed by atoms with E-state index in [0.717, 1.165) is 18.8 Å². The summed E-state index contributed by atoms with van der Waals surface area (Å²) in [7, 11) is 0. The zero-order valence-electron chi connectivity index (χ0n) is 12.8. The smallest absolute Gasteiger partial charge is 0.122 e. The van der Waals surface area contributed by atoms with Gasteiger partial charge in [-0.3, -0.25) is 0 Å². The fourth-order valence-corrected chi connectivity index (χ4v) is 1.32. The van der Waals surface area contributed by atoms with Crippen LogP contribution in [0, 0.1) is 6.92 Å². The van der Waals surface area contributed by atoms with Crippen LogP contribution in [0.4, 0.5) is 0 Å². The molecule has 1 aliphatic heterocycles. The van der Waals surface area contributed by atoms with E-state index in [1.165, 1.54) is 17.5 Å². The lowest BCUT2D eigenvalue weighted by molar-refractivity contribution is 0.357. The van der Waals surface area contributed by atoms with E-state index in [2.05, 4.69) is 39.0 Å². The molecule has 0 unspecified atom stereocenters. The summed E-state index contributed by atoms with van der Waals surface area (Å²) in [6.07, 6.45) is 2.33. The molecule has 1 nitrogen and oxygen atoms in total. The number of benzene rings is 1. The van der Waals surface area contributed by atoms with Crippen molar-refractivity contribution in [2.75, 3.05) is 6.61 Å². The molecular formula is C16H30O. The van der Waals surface area contributed by atoms with E-state index in [9.17, 15) is 0 Å². The summed E-state index contributed by atoms with van der Waals surface area (Å²) < 4.78 is 5.35. The molecule has 17 heavy (non-hydrogen) atoms. The maximum atomic E-state index is 5.35. The molecule has 0 fully saturated rings. The van der Waals surface area contributed by atoms with Gasteiger partial charge in [0.25, 0.3) is 0 Å². The highest BCUT2D eigenvalue weighted by Gasteiger charge is 2.09. The monoisotopic (exact) mass is 238 g/mol. The SMILES string of the molecule is CC.CC.CCC.Cc1ccc2c(c1)CCO2. The molecule has 0 atom stereocenters. The van der Waals surface area contributed by atoms with Gasteiger partial charge in [-0.15, -0.1) is 0 Å². The molecule has 0 amide bonds. The van der Waals surface area contributed by atoms with Crippen molar-refractivity contribution in [2.45, 2.75) is 61.3 Å². The van der Waals surface area contributed by atoms with Gasteiger partial charge in [0.05, 0.1) is 6.61 Å². The fraction of sp³-hybridized carbons (Fsp3) is 0.625. The van der Waals surface area contributed by atoms with E-state index in [0.29, 0.717) is 0 Å². The van der Waals surface area contributed by atoms with Gasteiger partial charge in [-0.2, -0.15) is 0 Å². The molecule has 0 spiro atoms. The predicted octanol–water partition coefficient (Wildman–Crippen LogP) is 5.40. The van der Waals surface area contributed by atoms with Gasteiger partial charge in [-0.05, 0) is 18.6 Å². The average molecular weight is 238 g/mol. The minimum Gasteiger partial charge on any atom is -0.493 e. The van der Waals surface area contributed by atoms with Crippen LogP contribution in [0.25, 0.3) is 0 Å². The van der Waals surface area contributed by atoms with Crippen LogP contribution in [-0.4, -0.2) is 6.61 Å². The van der Waals surface area contributed by atoms with Crippen molar-refractivity contribution in [3.8, 4) is 5.75 Å². The second kappa shape index (κ2) is 13.1. The molecule has 0 aromatic heterocycles. The van der Waals surface area contributed by atoms with Crippen LogP contribution in [0.15, 0.2) is 18.2 Å². The maximum absolute atomic E-state index is 5.35.